The van der Waals surface area contributed by atoms with Gasteiger partial charge in [0.05, 0.1) is 13.2 Å². The molecule has 1 N–H and O–H groups in total. The zero-order chi connectivity index (χ0) is 11.3. The smallest absolute Gasteiger partial charge is 0.235 e. The van der Waals surface area contributed by atoms with Crippen LogP contribution in [0.2, 0.25) is 0 Å². The summed E-state index contributed by atoms with van der Waals surface area (Å²) in [6, 6.07) is 7.51. The lowest BCUT2D eigenvalue weighted by Crippen LogP contribution is -2.27. The number of benzene rings is 1. The maximum Gasteiger partial charge on any atom is 0.235 e. The van der Waals surface area contributed by atoms with E-state index in [2.05, 4.69) is 5.32 Å². The molecule has 15 heavy (non-hydrogen) atoms. The molecule has 0 aromatic heterocycles. The summed E-state index contributed by atoms with van der Waals surface area (Å²) in [4.78, 5) is 11.1. The summed E-state index contributed by atoms with van der Waals surface area (Å²) in [5.74, 6) is 0.620. The molecule has 1 rings (SSSR count). The Balaban J connectivity index is 2.65. The third-order valence-electron chi connectivity index (χ3n) is 2.11. The van der Waals surface area contributed by atoms with E-state index in [-0.39, 0.29) is 17.8 Å². The van der Waals surface area contributed by atoms with Gasteiger partial charge in [-0.2, -0.15) is 0 Å². The van der Waals surface area contributed by atoms with Crippen molar-refractivity contribution in [2.24, 2.45) is 0 Å². The summed E-state index contributed by atoms with van der Waals surface area (Å²) in [5, 5.41) is 2.77. The van der Waals surface area contributed by atoms with Gasteiger partial charge in [0.15, 0.2) is 0 Å². The second-order valence-corrected chi connectivity index (χ2v) is 3.46. The van der Waals surface area contributed by atoms with E-state index in [9.17, 15) is 4.79 Å². The molecule has 0 aliphatic heterocycles. The van der Waals surface area contributed by atoms with E-state index < -0.39 is 0 Å². The van der Waals surface area contributed by atoms with Crippen LogP contribution in [0.15, 0.2) is 24.3 Å². The molecule has 0 bridgehead atoms. The van der Waals surface area contributed by atoms with Gasteiger partial charge in [-0.25, -0.2) is 0 Å². The summed E-state index contributed by atoms with van der Waals surface area (Å²) in [7, 11) is 1.62. The monoisotopic (exact) mass is 227 g/mol. The lowest BCUT2D eigenvalue weighted by molar-refractivity contribution is -0.119. The standard InChI is InChI=1S/C11H14ClNO2/c1-8(13-11(14)7-12)9-3-5-10(15-2)6-4-9/h3-6,8H,7H2,1-2H3,(H,13,14)/t8-/m0/s1. The fourth-order valence-electron chi connectivity index (χ4n) is 1.26. The number of ether oxygens (including phenoxy) is 1. The van der Waals surface area contributed by atoms with Crippen LogP contribution in [-0.4, -0.2) is 18.9 Å². The minimum absolute atomic E-state index is 0.0134. The Bertz CT molecular complexity index is 324. The Labute approximate surface area is 94.4 Å². The van der Waals surface area contributed by atoms with Crippen molar-refractivity contribution in [2.75, 3.05) is 13.0 Å². The second-order valence-electron chi connectivity index (χ2n) is 3.20. The van der Waals surface area contributed by atoms with Gasteiger partial charge < -0.3 is 10.1 Å². The number of methoxy groups -OCH3 is 1. The zero-order valence-corrected chi connectivity index (χ0v) is 9.54. The Morgan fingerprint density at radius 2 is 2.07 bits per heavy atom. The quantitative estimate of drug-likeness (QED) is 0.801. The SMILES string of the molecule is COc1ccc([C@H](C)NC(=O)CCl)cc1. The van der Waals surface area contributed by atoms with Crippen LogP contribution in [0.5, 0.6) is 5.75 Å². The Kier molecular flexibility index (Phi) is 4.43. The van der Waals surface area contributed by atoms with Crippen LogP contribution < -0.4 is 10.1 Å². The number of halogens is 1. The first-order valence-corrected chi connectivity index (χ1v) is 5.20. The van der Waals surface area contributed by atoms with Gasteiger partial charge in [-0.3, -0.25) is 4.79 Å². The molecule has 0 heterocycles. The highest BCUT2D eigenvalue weighted by atomic mass is 35.5. The highest BCUT2D eigenvalue weighted by Gasteiger charge is 2.08. The molecule has 1 aromatic rings. The van der Waals surface area contributed by atoms with Crippen molar-refractivity contribution in [1.82, 2.24) is 5.32 Å². The highest BCUT2D eigenvalue weighted by Crippen LogP contribution is 2.16. The van der Waals surface area contributed by atoms with Gasteiger partial charge in [0, 0.05) is 0 Å². The molecule has 3 nitrogen and oxygen atoms in total. The maximum absolute atomic E-state index is 11.1. The first-order chi connectivity index (χ1) is 7.17. The van der Waals surface area contributed by atoms with Crippen molar-refractivity contribution in [3.63, 3.8) is 0 Å². The molecule has 82 valence electrons. The van der Waals surface area contributed by atoms with Crippen molar-refractivity contribution in [2.45, 2.75) is 13.0 Å². The van der Waals surface area contributed by atoms with Crippen LogP contribution in [0.1, 0.15) is 18.5 Å². The molecule has 1 atom stereocenters. The lowest BCUT2D eigenvalue weighted by Gasteiger charge is -2.13. The highest BCUT2D eigenvalue weighted by molar-refractivity contribution is 6.27. The fourth-order valence-corrected chi connectivity index (χ4v) is 1.33. The van der Waals surface area contributed by atoms with Gasteiger partial charge in [-0.15, -0.1) is 11.6 Å². The average Bonchev–Trinajstić information content (AvgIpc) is 2.29. The van der Waals surface area contributed by atoms with Crippen LogP contribution in [0.3, 0.4) is 0 Å². The maximum atomic E-state index is 11.1. The zero-order valence-electron chi connectivity index (χ0n) is 8.79. The first-order valence-electron chi connectivity index (χ1n) is 4.66. The Morgan fingerprint density at radius 3 is 2.53 bits per heavy atom. The lowest BCUT2D eigenvalue weighted by atomic mass is 10.1. The van der Waals surface area contributed by atoms with Crippen LogP contribution in [0.25, 0.3) is 0 Å². The van der Waals surface area contributed by atoms with Crippen molar-refractivity contribution in [1.29, 1.82) is 0 Å². The predicted octanol–water partition coefficient (Wildman–Crippen LogP) is 2.11. The van der Waals surface area contributed by atoms with Crippen LogP contribution in [0, 0.1) is 0 Å². The largest absolute Gasteiger partial charge is 0.497 e. The van der Waals surface area contributed by atoms with Gasteiger partial charge in [0.2, 0.25) is 5.91 Å². The van der Waals surface area contributed by atoms with Gasteiger partial charge >= 0.3 is 0 Å². The van der Waals surface area contributed by atoms with E-state index in [1.165, 1.54) is 0 Å². The van der Waals surface area contributed by atoms with E-state index in [1.807, 2.05) is 31.2 Å². The van der Waals surface area contributed by atoms with Crippen LogP contribution in [0.4, 0.5) is 0 Å². The minimum atomic E-state index is -0.167. The molecule has 1 amide bonds. The van der Waals surface area contributed by atoms with Crippen LogP contribution in [-0.2, 0) is 4.79 Å². The molecule has 0 saturated heterocycles. The first kappa shape index (κ1) is 11.9. The predicted molar refractivity (Wildman–Crippen MR) is 60.3 cm³/mol. The number of hydrogen-bond donors (Lipinski definition) is 1. The van der Waals surface area contributed by atoms with Crippen LogP contribution >= 0.6 is 11.6 Å². The molecule has 0 aliphatic carbocycles. The molecule has 0 unspecified atom stereocenters. The van der Waals surface area contributed by atoms with Crippen molar-refractivity contribution < 1.29 is 9.53 Å². The number of rotatable bonds is 4. The normalized spacial score (nSPS) is 11.9. The van der Waals surface area contributed by atoms with E-state index in [0.717, 1.165) is 11.3 Å². The molecular formula is C11H14ClNO2. The molecular weight excluding hydrogens is 214 g/mol. The van der Waals surface area contributed by atoms with Gasteiger partial charge in [0.1, 0.15) is 11.6 Å². The van der Waals surface area contributed by atoms with E-state index >= 15 is 0 Å². The molecule has 0 fully saturated rings. The van der Waals surface area contributed by atoms with E-state index in [4.69, 9.17) is 16.3 Å². The van der Waals surface area contributed by atoms with Gasteiger partial charge in [-0.1, -0.05) is 12.1 Å². The third-order valence-corrected chi connectivity index (χ3v) is 2.36. The van der Waals surface area contributed by atoms with Crippen molar-refractivity contribution >= 4 is 17.5 Å². The summed E-state index contributed by atoms with van der Waals surface area (Å²) in [5.41, 5.74) is 1.02. The molecule has 0 saturated carbocycles. The van der Waals surface area contributed by atoms with Crippen molar-refractivity contribution in [3.8, 4) is 5.75 Å². The molecule has 0 aliphatic rings. The second kappa shape index (κ2) is 5.61. The average molecular weight is 228 g/mol. The molecule has 4 heteroatoms. The minimum Gasteiger partial charge on any atom is -0.497 e. The van der Waals surface area contributed by atoms with E-state index in [0.29, 0.717) is 0 Å². The third kappa shape index (κ3) is 3.44. The fraction of sp³-hybridized carbons (Fsp3) is 0.364. The molecule has 0 spiro atoms. The molecule has 1 aromatic carbocycles. The van der Waals surface area contributed by atoms with Crippen molar-refractivity contribution in [3.05, 3.63) is 29.8 Å². The van der Waals surface area contributed by atoms with Gasteiger partial charge in [-0.05, 0) is 24.6 Å². The number of alkyl halides is 1. The number of amides is 1. The summed E-state index contributed by atoms with van der Waals surface area (Å²) < 4.78 is 5.04. The number of nitrogens with one attached hydrogen (secondary N) is 1. The summed E-state index contributed by atoms with van der Waals surface area (Å²) >= 11 is 5.40. The number of carbonyl (C=O) groups excluding carboxylic acids is 1. The van der Waals surface area contributed by atoms with Gasteiger partial charge in [0.25, 0.3) is 0 Å². The number of hydrogen-bond acceptors (Lipinski definition) is 2. The topological polar surface area (TPSA) is 38.3 Å². The summed E-state index contributed by atoms with van der Waals surface area (Å²) in [6.07, 6.45) is 0. The summed E-state index contributed by atoms with van der Waals surface area (Å²) in [6.45, 7) is 1.91. The van der Waals surface area contributed by atoms with E-state index in [1.54, 1.807) is 7.11 Å². The Morgan fingerprint density at radius 1 is 1.47 bits per heavy atom. The molecule has 0 radical (unpaired) electrons. The number of carbonyl (C=O) groups is 1. The Hall–Kier alpha value is -1.22.